The zero-order valence-corrected chi connectivity index (χ0v) is 17.9. The van der Waals surface area contributed by atoms with Crippen LogP contribution in [0.4, 0.5) is 0 Å². The third-order valence-electron chi connectivity index (χ3n) is 6.00. The molecule has 0 radical (unpaired) electrons. The maximum atomic E-state index is 13.1. The van der Waals surface area contributed by atoms with E-state index in [1.165, 1.54) is 5.56 Å². The van der Waals surface area contributed by atoms with Gasteiger partial charge >= 0.3 is 0 Å². The van der Waals surface area contributed by atoms with Crippen LogP contribution in [0.25, 0.3) is 0 Å². The van der Waals surface area contributed by atoms with Crippen molar-refractivity contribution in [1.29, 1.82) is 0 Å². The summed E-state index contributed by atoms with van der Waals surface area (Å²) < 4.78 is 5.17. The highest BCUT2D eigenvalue weighted by molar-refractivity contribution is 5.89. The van der Waals surface area contributed by atoms with Gasteiger partial charge in [-0.05, 0) is 23.3 Å². The number of rotatable bonds is 5. The van der Waals surface area contributed by atoms with Gasteiger partial charge in [-0.15, -0.1) is 12.4 Å². The van der Waals surface area contributed by atoms with E-state index in [9.17, 15) is 9.59 Å². The summed E-state index contributed by atoms with van der Waals surface area (Å²) in [6, 6.07) is 17.7. The monoisotopic (exact) mass is 429 g/mol. The van der Waals surface area contributed by atoms with Crippen LogP contribution in [0.15, 0.2) is 54.6 Å². The molecule has 2 aromatic rings. The van der Waals surface area contributed by atoms with Crippen molar-refractivity contribution in [3.63, 3.8) is 0 Å². The van der Waals surface area contributed by atoms with E-state index in [4.69, 9.17) is 10.5 Å². The summed E-state index contributed by atoms with van der Waals surface area (Å²) in [6.07, 6.45) is 0.275. The Hall–Kier alpha value is -2.57. The Bertz CT molecular complexity index is 875. The summed E-state index contributed by atoms with van der Waals surface area (Å²) in [6.45, 7) is 2.14. The van der Waals surface area contributed by atoms with Crippen LogP contribution in [0.2, 0.25) is 0 Å². The predicted octanol–water partition coefficient (Wildman–Crippen LogP) is 2.42. The first-order chi connectivity index (χ1) is 14.0. The summed E-state index contributed by atoms with van der Waals surface area (Å²) in [5.74, 6) is 0.717. The maximum Gasteiger partial charge on any atom is 0.228 e. The minimum atomic E-state index is -0.289. The van der Waals surface area contributed by atoms with Gasteiger partial charge < -0.3 is 20.3 Å². The summed E-state index contributed by atoms with van der Waals surface area (Å²) >= 11 is 0. The Balaban J connectivity index is 0.00000256. The number of benzene rings is 2. The van der Waals surface area contributed by atoms with Gasteiger partial charge in [-0.2, -0.15) is 0 Å². The first kappa shape index (κ1) is 22.1. The number of likely N-dealkylation sites (tertiary alicyclic amines) is 2. The second kappa shape index (κ2) is 9.49. The lowest BCUT2D eigenvalue weighted by Gasteiger charge is -2.21. The van der Waals surface area contributed by atoms with Gasteiger partial charge in [0.05, 0.1) is 13.0 Å². The molecule has 2 heterocycles. The molecule has 2 aromatic carbocycles. The topological polar surface area (TPSA) is 75.9 Å². The lowest BCUT2D eigenvalue weighted by atomic mass is 9.95. The molecule has 0 aromatic heterocycles. The van der Waals surface area contributed by atoms with E-state index in [1.807, 2.05) is 47.4 Å². The van der Waals surface area contributed by atoms with Gasteiger partial charge in [-0.1, -0.05) is 42.5 Å². The molecule has 0 spiro atoms. The maximum absolute atomic E-state index is 13.1. The first-order valence-electron chi connectivity index (χ1n) is 10.0. The van der Waals surface area contributed by atoms with Crippen molar-refractivity contribution in [3.05, 3.63) is 65.7 Å². The molecular weight excluding hydrogens is 402 g/mol. The van der Waals surface area contributed by atoms with Gasteiger partial charge in [-0.3, -0.25) is 9.59 Å². The molecule has 0 aliphatic carbocycles. The number of methoxy groups -OCH3 is 1. The molecular formula is C23H28ClN3O3. The van der Waals surface area contributed by atoms with Crippen molar-refractivity contribution in [2.75, 3.05) is 26.7 Å². The molecule has 2 amide bonds. The number of carbonyl (C=O) groups excluding carboxylic acids is 2. The fourth-order valence-electron chi connectivity index (χ4n) is 4.36. The van der Waals surface area contributed by atoms with E-state index in [0.29, 0.717) is 26.2 Å². The summed E-state index contributed by atoms with van der Waals surface area (Å²) in [7, 11) is 1.63. The molecule has 3 atom stereocenters. The van der Waals surface area contributed by atoms with Gasteiger partial charge in [-0.25, -0.2) is 0 Å². The third kappa shape index (κ3) is 4.60. The minimum Gasteiger partial charge on any atom is -0.497 e. The molecule has 6 nitrogen and oxygen atoms in total. The van der Waals surface area contributed by atoms with Crippen molar-refractivity contribution < 1.29 is 14.3 Å². The number of ether oxygens (including phenoxy) is 1. The normalized spacial score (nSPS) is 23.4. The standard InChI is InChI=1S/C23H27N3O3.ClH/c1-29-19-9-7-16(8-10-19)12-25-13-18(11-22(25)27)23(28)26-14-20(21(24)15-26)17-5-3-2-4-6-17;/h2-10,18,20-21H,11-15,24H2,1H3;1H/t18?,20-,21+;/m0./s1. The average molecular weight is 430 g/mol. The summed E-state index contributed by atoms with van der Waals surface area (Å²) in [5.41, 5.74) is 8.53. The van der Waals surface area contributed by atoms with Gasteiger partial charge in [0.25, 0.3) is 0 Å². The largest absolute Gasteiger partial charge is 0.497 e. The lowest BCUT2D eigenvalue weighted by molar-refractivity contribution is -0.134. The quantitative estimate of drug-likeness (QED) is 0.791. The number of carbonyl (C=O) groups is 2. The molecule has 1 unspecified atom stereocenters. The van der Waals surface area contributed by atoms with Crippen molar-refractivity contribution in [2.45, 2.75) is 24.9 Å². The van der Waals surface area contributed by atoms with E-state index in [1.54, 1.807) is 12.0 Å². The van der Waals surface area contributed by atoms with Crippen LogP contribution in [0.1, 0.15) is 23.5 Å². The van der Waals surface area contributed by atoms with Crippen molar-refractivity contribution in [2.24, 2.45) is 11.7 Å². The van der Waals surface area contributed by atoms with E-state index in [-0.39, 0.29) is 48.5 Å². The average Bonchev–Trinajstić information content (AvgIpc) is 3.31. The van der Waals surface area contributed by atoms with Gasteiger partial charge in [0.15, 0.2) is 0 Å². The smallest absolute Gasteiger partial charge is 0.228 e. The van der Waals surface area contributed by atoms with Crippen molar-refractivity contribution >= 4 is 24.2 Å². The van der Waals surface area contributed by atoms with E-state index >= 15 is 0 Å². The zero-order chi connectivity index (χ0) is 20.4. The SMILES string of the molecule is COc1ccc(CN2CC(C(=O)N3C[C@@H](N)[C@H](c4ccccc4)C3)CC2=O)cc1.Cl. The molecule has 2 aliphatic heterocycles. The van der Waals surface area contributed by atoms with Crippen LogP contribution in [-0.2, 0) is 16.1 Å². The molecule has 2 N–H and O–H groups in total. The molecule has 0 bridgehead atoms. The number of halogens is 1. The number of nitrogens with zero attached hydrogens (tertiary/aromatic N) is 2. The molecule has 2 aliphatic rings. The molecule has 7 heteroatoms. The minimum absolute atomic E-state index is 0. The highest BCUT2D eigenvalue weighted by atomic mass is 35.5. The molecule has 0 saturated carbocycles. The summed E-state index contributed by atoms with van der Waals surface area (Å²) in [4.78, 5) is 29.2. The van der Waals surface area contributed by atoms with Crippen LogP contribution < -0.4 is 10.5 Å². The highest BCUT2D eigenvalue weighted by Gasteiger charge is 2.40. The van der Waals surface area contributed by atoms with Crippen LogP contribution >= 0.6 is 12.4 Å². The van der Waals surface area contributed by atoms with Crippen molar-refractivity contribution in [3.8, 4) is 5.75 Å². The molecule has 30 heavy (non-hydrogen) atoms. The van der Waals surface area contributed by atoms with Gasteiger partial charge in [0.2, 0.25) is 11.8 Å². The second-order valence-electron chi connectivity index (χ2n) is 7.95. The molecule has 2 saturated heterocycles. The van der Waals surface area contributed by atoms with E-state index in [2.05, 4.69) is 12.1 Å². The summed E-state index contributed by atoms with van der Waals surface area (Å²) in [5, 5.41) is 0. The van der Waals surface area contributed by atoms with Gasteiger partial charge in [0, 0.05) is 44.6 Å². The number of amides is 2. The fourth-order valence-corrected chi connectivity index (χ4v) is 4.36. The Labute approximate surface area is 183 Å². The molecule has 160 valence electrons. The third-order valence-corrected chi connectivity index (χ3v) is 6.00. The van der Waals surface area contributed by atoms with Crippen LogP contribution in [-0.4, -0.2) is 54.4 Å². The molecule has 2 fully saturated rings. The fraction of sp³-hybridized carbons (Fsp3) is 0.391. The number of hydrogen-bond donors (Lipinski definition) is 1. The Morgan fingerprint density at radius 3 is 2.43 bits per heavy atom. The zero-order valence-electron chi connectivity index (χ0n) is 17.1. The first-order valence-corrected chi connectivity index (χ1v) is 10.0. The Morgan fingerprint density at radius 2 is 1.77 bits per heavy atom. The predicted molar refractivity (Wildman–Crippen MR) is 118 cm³/mol. The van der Waals surface area contributed by atoms with Crippen LogP contribution in [0.5, 0.6) is 5.75 Å². The Morgan fingerprint density at radius 1 is 1.07 bits per heavy atom. The van der Waals surface area contributed by atoms with E-state index in [0.717, 1.165) is 11.3 Å². The van der Waals surface area contributed by atoms with Crippen LogP contribution in [0, 0.1) is 5.92 Å². The number of nitrogens with two attached hydrogens (primary N) is 1. The van der Waals surface area contributed by atoms with Crippen LogP contribution in [0.3, 0.4) is 0 Å². The van der Waals surface area contributed by atoms with E-state index < -0.39 is 0 Å². The Kier molecular flexibility index (Phi) is 7.00. The number of hydrogen-bond acceptors (Lipinski definition) is 4. The highest BCUT2D eigenvalue weighted by Crippen LogP contribution is 2.30. The second-order valence-corrected chi connectivity index (χ2v) is 7.95. The lowest BCUT2D eigenvalue weighted by Crippen LogP contribution is -2.37. The van der Waals surface area contributed by atoms with Gasteiger partial charge in [0.1, 0.15) is 5.75 Å². The van der Waals surface area contributed by atoms with Crippen molar-refractivity contribution in [1.82, 2.24) is 9.80 Å². The molecule has 4 rings (SSSR count).